The van der Waals surface area contributed by atoms with Crippen molar-refractivity contribution in [1.29, 1.82) is 0 Å². The molecule has 6 heteroatoms. The maximum absolute atomic E-state index is 12.5. The van der Waals surface area contributed by atoms with Crippen molar-refractivity contribution < 1.29 is 13.2 Å². The van der Waals surface area contributed by atoms with E-state index in [0.29, 0.717) is 25.3 Å². The molecule has 1 atom stereocenters. The monoisotopic (exact) mass is 336 g/mol. The smallest absolute Gasteiger partial charge is 0.227 e. The number of nitrogens with zero attached hydrogens (tertiary/aromatic N) is 2. The summed E-state index contributed by atoms with van der Waals surface area (Å²) in [6, 6.07) is 8.13. The normalized spacial score (nSPS) is 24.7. The van der Waals surface area contributed by atoms with Gasteiger partial charge in [-0.25, -0.2) is 8.42 Å². The predicted molar refractivity (Wildman–Crippen MR) is 90.1 cm³/mol. The molecule has 1 amide bonds. The van der Waals surface area contributed by atoms with E-state index in [1.165, 1.54) is 0 Å². The van der Waals surface area contributed by atoms with E-state index in [1.54, 1.807) is 0 Å². The molecule has 2 heterocycles. The van der Waals surface area contributed by atoms with Crippen LogP contribution in [0.2, 0.25) is 0 Å². The highest BCUT2D eigenvalue weighted by atomic mass is 32.2. The highest BCUT2D eigenvalue weighted by molar-refractivity contribution is 7.91. The van der Waals surface area contributed by atoms with Gasteiger partial charge in [-0.2, -0.15) is 0 Å². The fourth-order valence-electron chi connectivity index (χ4n) is 3.48. The number of amides is 1. The second-order valence-corrected chi connectivity index (χ2v) is 8.81. The molecule has 0 spiro atoms. The van der Waals surface area contributed by atoms with E-state index >= 15 is 0 Å². The SMILES string of the molecule is Cc1ccccc1CC(=O)N1CCN([C@H]2CCS(=O)(=O)C2)CC1. The van der Waals surface area contributed by atoms with Crippen molar-refractivity contribution in [3.05, 3.63) is 35.4 Å². The van der Waals surface area contributed by atoms with Crippen LogP contribution in [0.1, 0.15) is 17.5 Å². The third-order valence-corrected chi connectivity index (χ3v) is 6.75. The molecule has 0 unspecified atom stereocenters. The first kappa shape index (κ1) is 16.5. The lowest BCUT2D eigenvalue weighted by Crippen LogP contribution is -2.52. The Hall–Kier alpha value is -1.40. The number of rotatable bonds is 3. The van der Waals surface area contributed by atoms with Crippen LogP contribution in [0, 0.1) is 6.92 Å². The van der Waals surface area contributed by atoms with E-state index in [-0.39, 0.29) is 17.7 Å². The van der Waals surface area contributed by atoms with Gasteiger partial charge < -0.3 is 4.90 Å². The number of piperazine rings is 1. The number of hydrogen-bond acceptors (Lipinski definition) is 4. The number of sulfone groups is 1. The molecule has 0 N–H and O–H groups in total. The average molecular weight is 336 g/mol. The Morgan fingerprint density at radius 3 is 2.48 bits per heavy atom. The maximum atomic E-state index is 12.5. The Balaban J connectivity index is 1.53. The van der Waals surface area contributed by atoms with Crippen LogP contribution < -0.4 is 0 Å². The van der Waals surface area contributed by atoms with E-state index in [9.17, 15) is 13.2 Å². The van der Waals surface area contributed by atoms with Crippen LogP contribution in [0.25, 0.3) is 0 Å². The molecule has 23 heavy (non-hydrogen) atoms. The molecule has 3 rings (SSSR count). The summed E-state index contributed by atoms with van der Waals surface area (Å²) in [7, 11) is -2.84. The van der Waals surface area contributed by atoms with Gasteiger partial charge in [-0.15, -0.1) is 0 Å². The minimum Gasteiger partial charge on any atom is -0.340 e. The third kappa shape index (κ3) is 3.93. The second kappa shape index (κ2) is 6.61. The maximum Gasteiger partial charge on any atom is 0.227 e. The van der Waals surface area contributed by atoms with Crippen LogP contribution in [0.4, 0.5) is 0 Å². The van der Waals surface area contributed by atoms with Crippen molar-refractivity contribution in [1.82, 2.24) is 9.80 Å². The van der Waals surface area contributed by atoms with Crippen molar-refractivity contribution in [2.45, 2.75) is 25.8 Å². The van der Waals surface area contributed by atoms with E-state index < -0.39 is 9.84 Å². The Kier molecular flexibility index (Phi) is 4.73. The van der Waals surface area contributed by atoms with E-state index in [2.05, 4.69) is 4.90 Å². The van der Waals surface area contributed by atoms with Crippen LogP contribution in [-0.4, -0.2) is 67.9 Å². The zero-order valence-corrected chi connectivity index (χ0v) is 14.4. The largest absolute Gasteiger partial charge is 0.340 e. The summed E-state index contributed by atoms with van der Waals surface area (Å²) in [6.45, 7) is 4.98. The van der Waals surface area contributed by atoms with Gasteiger partial charge in [-0.3, -0.25) is 9.69 Å². The fourth-order valence-corrected chi connectivity index (χ4v) is 5.24. The summed E-state index contributed by atoms with van der Waals surface area (Å²) < 4.78 is 23.2. The molecular formula is C17H24N2O3S. The molecule has 0 aliphatic carbocycles. The van der Waals surface area contributed by atoms with Gasteiger partial charge in [-0.1, -0.05) is 24.3 Å². The summed E-state index contributed by atoms with van der Waals surface area (Å²) in [5.74, 6) is 0.756. The lowest BCUT2D eigenvalue weighted by molar-refractivity contribution is -0.132. The van der Waals surface area contributed by atoms with Crippen molar-refractivity contribution in [3.8, 4) is 0 Å². The molecule has 0 radical (unpaired) electrons. The third-order valence-electron chi connectivity index (χ3n) is 4.99. The zero-order valence-electron chi connectivity index (χ0n) is 13.6. The predicted octanol–water partition coefficient (Wildman–Crippen LogP) is 0.869. The van der Waals surface area contributed by atoms with E-state index in [0.717, 1.165) is 30.6 Å². The van der Waals surface area contributed by atoms with Gasteiger partial charge in [0.25, 0.3) is 0 Å². The van der Waals surface area contributed by atoms with Gasteiger partial charge in [0, 0.05) is 32.2 Å². The minimum atomic E-state index is -2.84. The first-order chi connectivity index (χ1) is 10.9. The van der Waals surface area contributed by atoms with Crippen LogP contribution in [0.5, 0.6) is 0 Å². The molecule has 1 aromatic rings. The number of carbonyl (C=O) groups is 1. The summed E-state index contributed by atoms with van der Waals surface area (Å²) in [4.78, 5) is 16.6. The summed E-state index contributed by atoms with van der Waals surface area (Å²) >= 11 is 0. The molecule has 0 saturated carbocycles. The Morgan fingerprint density at radius 1 is 1.17 bits per heavy atom. The minimum absolute atomic E-state index is 0.147. The Labute approximate surface area is 138 Å². The topological polar surface area (TPSA) is 57.7 Å². The van der Waals surface area contributed by atoms with Crippen molar-refractivity contribution in [2.75, 3.05) is 37.7 Å². The molecule has 0 bridgehead atoms. The van der Waals surface area contributed by atoms with Gasteiger partial charge in [0.05, 0.1) is 17.9 Å². The lowest BCUT2D eigenvalue weighted by atomic mass is 10.0. The number of carbonyl (C=O) groups excluding carboxylic acids is 1. The van der Waals surface area contributed by atoms with Crippen LogP contribution in [-0.2, 0) is 21.1 Å². The van der Waals surface area contributed by atoms with Crippen molar-refractivity contribution in [3.63, 3.8) is 0 Å². The molecule has 2 aliphatic heterocycles. The van der Waals surface area contributed by atoms with Gasteiger partial charge >= 0.3 is 0 Å². The van der Waals surface area contributed by atoms with Gasteiger partial charge in [-0.05, 0) is 24.5 Å². The zero-order chi connectivity index (χ0) is 16.4. The summed E-state index contributed by atoms with van der Waals surface area (Å²) in [5.41, 5.74) is 2.23. The molecule has 2 fully saturated rings. The summed E-state index contributed by atoms with van der Waals surface area (Å²) in [6.07, 6.45) is 1.18. The average Bonchev–Trinajstić information content (AvgIpc) is 2.90. The van der Waals surface area contributed by atoms with Gasteiger partial charge in [0.2, 0.25) is 5.91 Å². The number of aryl methyl sites for hydroxylation is 1. The molecule has 2 saturated heterocycles. The molecular weight excluding hydrogens is 312 g/mol. The fraction of sp³-hybridized carbons (Fsp3) is 0.588. The summed E-state index contributed by atoms with van der Waals surface area (Å²) in [5, 5.41) is 0. The Morgan fingerprint density at radius 2 is 1.87 bits per heavy atom. The van der Waals surface area contributed by atoms with Gasteiger partial charge in [0.1, 0.15) is 0 Å². The Bertz CT molecular complexity index is 679. The lowest BCUT2D eigenvalue weighted by Gasteiger charge is -2.37. The highest BCUT2D eigenvalue weighted by Crippen LogP contribution is 2.19. The van der Waals surface area contributed by atoms with Crippen LogP contribution in [0.3, 0.4) is 0 Å². The number of hydrogen-bond donors (Lipinski definition) is 0. The molecule has 126 valence electrons. The first-order valence-electron chi connectivity index (χ1n) is 8.21. The van der Waals surface area contributed by atoms with Crippen LogP contribution >= 0.6 is 0 Å². The first-order valence-corrected chi connectivity index (χ1v) is 10.0. The molecule has 2 aliphatic rings. The van der Waals surface area contributed by atoms with Crippen molar-refractivity contribution >= 4 is 15.7 Å². The van der Waals surface area contributed by atoms with E-state index in [4.69, 9.17) is 0 Å². The highest BCUT2D eigenvalue weighted by Gasteiger charge is 2.34. The molecule has 0 aromatic heterocycles. The standard InChI is InChI=1S/C17H24N2O3S/c1-14-4-2-3-5-15(14)12-17(20)19-9-7-18(8-10-19)16-6-11-23(21,22)13-16/h2-5,16H,6-13H2,1H3/t16-/m0/s1. The van der Waals surface area contributed by atoms with Crippen molar-refractivity contribution in [2.24, 2.45) is 0 Å². The number of benzene rings is 1. The van der Waals surface area contributed by atoms with E-state index in [1.807, 2.05) is 36.1 Å². The van der Waals surface area contributed by atoms with Gasteiger partial charge in [0.15, 0.2) is 9.84 Å². The quantitative estimate of drug-likeness (QED) is 0.822. The second-order valence-electron chi connectivity index (χ2n) is 6.58. The van der Waals surface area contributed by atoms with Crippen LogP contribution in [0.15, 0.2) is 24.3 Å². The molecule has 5 nitrogen and oxygen atoms in total. The molecule has 1 aromatic carbocycles.